The summed E-state index contributed by atoms with van der Waals surface area (Å²) in [6, 6.07) is 12.0. The third-order valence-corrected chi connectivity index (χ3v) is 3.43. The first kappa shape index (κ1) is 14.8. The summed E-state index contributed by atoms with van der Waals surface area (Å²) in [7, 11) is 0. The van der Waals surface area contributed by atoms with Crippen LogP contribution in [0.5, 0.6) is 5.75 Å². The van der Waals surface area contributed by atoms with Gasteiger partial charge >= 0.3 is 5.69 Å². The fourth-order valence-electron chi connectivity index (χ4n) is 1.68. The van der Waals surface area contributed by atoms with Crippen LogP contribution in [0.1, 0.15) is 5.56 Å². The quantitative estimate of drug-likeness (QED) is 0.579. The number of rotatable bonds is 5. The standard InChI is InChI=1S/C14H11BrClNO3/c15-11-3-6-13(17(18)19)14(9-11)20-8-7-10-1-4-12(16)5-2-10/h1-6,9H,7-8H2. The van der Waals surface area contributed by atoms with Gasteiger partial charge in [0.1, 0.15) is 0 Å². The lowest BCUT2D eigenvalue weighted by Gasteiger charge is -2.07. The summed E-state index contributed by atoms with van der Waals surface area (Å²) in [5, 5.41) is 11.6. The van der Waals surface area contributed by atoms with Crippen molar-refractivity contribution in [3.8, 4) is 5.75 Å². The largest absolute Gasteiger partial charge is 0.486 e. The normalized spacial score (nSPS) is 10.3. The number of benzene rings is 2. The lowest BCUT2D eigenvalue weighted by molar-refractivity contribution is -0.385. The Morgan fingerprint density at radius 3 is 2.55 bits per heavy atom. The van der Waals surface area contributed by atoms with Gasteiger partial charge < -0.3 is 4.74 Å². The van der Waals surface area contributed by atoms with Crippen molar-refractivity contribution in [1.82, 2.24) is 0 Å². The second-order valence-electron chi connectivity index (χ2n) is 4.09. The fourth-order valence-corrected chi connectivity index (χ4v) is 2.15. The average molecular weight is 357 g/mol. The molecule has 0 radical (unpaired) electrons. The third-order valence-electron chi connectivity index (χ3n) is 2.68. The molecule has 0 aliphatic rings. The topological polar surface area (TPSA) is 52.4 Å². The van der Waals surface area contributed by atoms with E-state index in [1.165, 1.54) is 6.07 Å². The highest BCUT2D eigenvalue weighted by Crippen LogP contribution is 2.30. The van der Waals surface area contributed by atoms with Crippen molar-refractivity contribution in [3.05, 3.63) is 67.6 Å². The Labute approximate surface area is 129 Å². The summed E-state index contributed by atoms with van der Waals surface area (Å²) < 4.78 is 6.25. The maximum Gasteiger partial charge on any atom is 0.310 e. The van der Waals surface area contributed by atoms with Gasteiger partial charge in [-0.15, -0.1) is 0 Å². The molecule has 0 aromatic heterocycles. The highest BCUT2D eigenvalue weighted by Gasteiger charge is 2.14. The minimum atomic E-state index is -0.454. The van der Waals surface area contributed by atoms with Crippen LogP contribution in [0, 0.1) is 10.1 Å². The molecule has 0 bridgehead atoms. The average Bonchev–Trinajstić information content (AvgIpc) is 2.41. The van der Waals surface area contributed by atoms with E-state index < -0.39 is 4.92 Å². The number of halogens is 2. The van der Waals surface area contributed by atoms with Crippen LogP contribution < -0.4 is 4.74 Å². The number of nitrogens with zero attached hydrogens (tertiary/aromatic N) is 1. The summed E-state index contributed by atoms with van der Waals surface area (Å²) in [6.07, 6.45) is 0.654. The third kappa shape index (κ3) is 3.95. The first-order chi connectivity index (χ1) is 9.56. The van der Waals surface area contributed by atoms with Gasteiger partial charge in [-0.2, -0.15) is 0 Å². The van der Waals surface area contributed by atoms with Crippen molar-refractivity contribution in [3.63, 3.8) is 0 Å². The van der Waals surface area contributed by atoms with Crippen LogP contribution in [-0.2, 0) is 6.42 Å². The Morgan fingerprint density at radius 1 is 1.20 bits per heavy atom. The van der Waals surface area contributed by atoms with Gasteiger partial charge in [-0.05, 0) is 23.8 Å². The molecule has 104 valence electrons. The second-order valence-corrected chi connectivity index (χ2v) is 5.45. The Bertz CT molecular complexity index is 616. The SMILES string of the molecule is O=[N+]([O-])c1ccc(Br)cc1OCCc1ccc(Cl)cc1. The molecular weight excluding hydrogens is 346 g/mol. The summed E-state index contributed by atoms with van der Waals surface area (Å²) in [5.74, 6) is 0.262. The van der Waals surface area contributed by atoms with Gasteiger partial charge in [0.05, 0.1) is 11.5 Å². The van der Waals surface area contributed by atoms with Crippen LogP contribution >= 0.6 is 27.5 Å². The molecule has 0 N–H and O–H groups in total. The molecule has 2 aromatic rings. The number of ether oxygens (including phenoxy) is 1. The number of nitro benzene ring substituents is 1. The van der Waals surface area contributed by atoms with Crippen LogP contribution in [0.2, 0.25) is 5.02 Å². The van der Waals surface area contributed by atoms with Crippen molar-refractivity contribution in [2.45, 2.75) is 6.42 Å². The first-order valence-electron chi connectivity index (χ1n) is 5.87. The van der Waals surface area contributed by atoms with Gasteiger partial charge in [0, 0.05) is 28.0 Å². The van der Waals surface area contributed by atoms with Gasteiger partial charge in [-0.1, -0.05) is 39.7 Å². The molecule has 2 aromatic carbocycles. The van der Waals surface area contributed by atoms with Crippen molar-refractivity contribution < 1.29 is 9.66 Å². The fraction of sp³-hybridized carbons (Fsp3) is 0.143. The molecule has 0 atom stereocenters. The second kappa shape index (κ2) is 6.72. The zero-order chi connectivity index (χ0) is 14.5. The van der Waals surface area contributed by atoms with Crippen LogP contribution in [0.4, 0.5) is 5.69 Å². The molecule has 0 saturated carbocycles. The molecule has 4 nitrogen and oxygen atoms in total. The maximum atomic E-state index is 10.9. The van der Waals surface area contributed by atoms with Gasteiger partial charge in [0.15, 0.2) is 5.75 Å². The molecule has 0 amide bonds. The predicted molar refractivity (Wildman–Crippen MR) is 81.4 cm³/mol. The van der Waals surface area contributed by atoms with Crippen molar-refractivity contribution in [1.29, 1.82) is 0 Å². The predicted octanol–water partition coefficient (Wildman–Crippen LogP) is 4.63. The maximum absolute atomic E-state index is 10.9. The van der Waals surface area contributed by atoms with Gasteiger partial charge in [0.25, 0.3) is 0 Å². The van der Waals surface area contributed by atoms with E-state index in [0.29, 0.717) is 18.1 Å². The summed E-state index contributed by atoms with van der Waals surface area (Å²) in [4.78, 5) is 10.4. The van der Waals surface area contributed by atoms with Gasteiger partial charge in [-0.25, -0.2) is 0 Å². The molecule has 0 spiro atoms. The van der Waals surface area contributed by atoms with Crippen molar-refractivity contribution >= 4 is 33.2 Å². The van der Waals surface area contributed by atoms with Crippen LogP contribution in [-0.4, -0.2) is 11.5 Å². The highest BCUT2D eigenvalue weighted by atomic mass is 79.9. The monoisotopic (exact) mass is 355 g/mol. The van der Waals surface area contributed by atoms with Crippen LogP contribution in [0.3, 0.4) is 0 Å². The zero-order valence-corrected chi connectivity index (χ0v) is 12.7. The Hall–Kier alpha value is -1.59. The smallest absolute Gasteiger partial charge is 0.310 e. The molecule has 0 aliphatic carbocycles. The van der Waals surface area contributed by atoms with Crippen LogP contribution in [0.25, 0.3) is 0 Å². The summed E-state index contributed by atoms with van der Waals surface area (Å²) in [6.45, 7) is 0.360. The van der Waals surface area contributed by atoms with E-state index in [0.717, 1.165) is 10.0 Å². The zero-order valence-electron chi connectivity index (χ0n) is 10.4. The van der Waals surface area contributed by atoms with E-state index in [2.05, 4.69) is 15.9 Å². The van der Waals surface area contributed by atoms with E-state index in [4.69, 9.17) is 16.3 Å². The van der Waals surface area contributed by atoms with E-state index >= 15 is 0 Å². The molecule has 2 rings (SSSR count). The van der Waals surface area contributed by atoms with E-state index in [-0.39, 0.29) is 11.4 Å². The number of hydrogen-bond donors (Lipinski definition) is 0. The molecule has 0 fully saturated rings. The van der Waals surface area contributed by atoms with E-state index in [1.807, 2.05) is 12.1 Å². The molecule has 0 saturated heterocycles. The van der Waals surface area contributed by atoms with Gasteiger partial charge in [-0.3, -0.25) is 10.1 Å². The highest BCUT2D eigenvalue weighted by molar-refractivity contribution is 9.10. The Morgan fingerprint density at radius 2 is 1.90 bits per heavy atom. The Balaban J connectivity index is 2.02. The van der Waals surface area contributed by atoms with Crippen molar-refractivity contribution in [2.75, 3.05) is 6.61 Å². The number of nitro groups is 1. The van der Waals surface area contributed by atoms with E-state index in [9.17, 15) is 10.1 Å². The number of hydrogen-bond acceptors (Lipinski definition) is 3. The van der Waals surface area contributed by atoms with Crippen LogP contribution in [0.15, 0.2) is 46.9 Å². The molecular formula is C14H11BrClNO3. The van der Waals surface area contributed by atoms with Gasteiger partial charge in [0.2, 0.25) is 0 Å². The minimum Gasteiger partial charge on any atom is -0.486 e. The summed E-state index contributed by atoms with van der Waals surface area (Å²) >= 11 is 9.08. The molecule has 6 heteroatoms. The van der Waals surface area contributed by atoms with E-state index in [1.54, 1.807) is 24.3 Å². The molecule has 0 aliphatic heterocycles. The lowest BCUT2D eigenvalue weighted by Crippen LogP contribution is -2.03. The van der Waals surface area contributed by atoms with Crippen molar-refractivity contribution in [2.24, 2.45) is 0 Å². The molecule has 0 heterocycles. The molecule has 20 heavy (non-hydrogen) atoms. The molecule has 0 unspecified atom stereocenters. The first-order valence-corrected chi connectivity index (χ1v) is 7.04. The lowest BCUT2D eigenvalue weighted by atomic mass is 10.2. The minimum absolute atomic E-state index is 0.0377. The Kier molecular flexibility index (Phi) is 4.98. The summed E-state index contributed by atoms with van der Waals surface area (Å²) in [5.41, 5.74) is 1.02.